The van der Waals surface area contributed by atoms with Crippen LogP contribution in [-0.2, 0) is 6.54 Å². The summed E-state index contributed by atoms with van der Waals surface area (Å²) in [7, 11) is 0. The number of carbonyl (C=O) groups is 2. The molecule has 9 nitrogen and oxygen atoms in total. The molecule has 0 spiro atoms. The molecule has 0 bridgehead atoms. The van der Waals surface area contributed by atoms with Crippen LogP contribution in [0.3, 0.4) is 0 Å². The summed E-state index contributed by atoms with van der Waals surface area (Å²) in [5.74, 6) is 0.356. The Morgan fingerprint density at radius 2 is 2.00 bits per heavy atom. The summed E-state index contributed by atoms with van der Waals surface area (Å²) in [5, 5.41) is 12.3. The minimum atomic E-state index is -0.692. The molecule has 32 heavy (non-hydrogen) atoms. The largest absolute Gasteiger partial charge is 0.364 e. The van der Waals surface area contributed by atoms with Crippen molar-refractivity contribution in [3.63, 3.8) is 0 Å². The van der Waals surface area contributed by atoms with E-state index in [0.29, 0.717) is 40.3 Å². The first-order chi connectivity index (χ1) is 15.4. The van der Waals surface area contributed by atoms with E-state index in [0.717, 1.165) is 30.0 Å². The molecule has 0 aliphatic heterocycles. The number of hydrogen-bond acceptors (Lipinski definition) is 6. The van der Waals surface area contributed by atoms with Gasteiger partial charge in [0.05, 0.1) is 34.7 Å². The maximum atomic E-state index is 13.2. The minimum Gasteiger partial charge on any atom is -0.364 e. The van der Waals surface area contributed by atoms with Crippen LogP contribution in [0.1, 0.15) is 62.4 Å². The number of nitrogens with two attached hydrogens (primary N) is 1. The van der Waals surface area contributed by atoms with Crippen molar-refractivity contribution in [1.29, 1.82) is 0 Å². The fourth-order valence-corrected chi connectivity index (χ4v) is 3.82. The number of hydrogen-bond donors (Lipinski definition) is 2. The van der Waals surface area contributed by atoms with Gasteiger partial charge >= 0.3 is 0 Å². The number of para-hydroxylation sites is 1. The van der Waals surface area contributed by atoms with Crippen molar-refractivity contribution in [3.05, 3.63) is 70.5 Å². The van der Waals surface area contributed by atoms with Crippen molar-refractivity contribution in [3.8, 4) is 0 Å². The van der Waals surface area contributed by atoms with E-state index in [1.807, 2.05) is 26.0 Å². The maximum absolute atomic E-state index is 13.2. The summed E-state index contributed by atoms with van der Waals surface area (Å²) >= 11 is 0. The lowest BCUT2D eigenvalue weighted by Crippen LogP contribution is -2.18. The fraction of sp³-hybridized carbons (Fsp3) is 0.261. The zero-order chi connectivity index (χ0) is 22.4. The predicted octanol–water partition coefficient (Wildman–Crippen LogP) is 3.31. The monoisotopic (exact) mass is 430 g/mol. The SMILES string of the molecule is Cc1nn(Cc2cc(C3CC3)on2)c(C)c1NC(=O)c1cc(C(N)=O)nc2ccccc12. The summed E-state index contributed by atoms with van der Waals surface area (Å²) in [6, 6.07) is 10.5. The second-order valence-corrected chi connectivity index (χ2v) is 8.09. The topological polar surface area (TPSA) is 129 Å². The molecule has 9 heteroatoms. The summed E-state index contributed by atoms with van der Waals surface area (Å²) in [4.78, 5) is 29.2. The second kappa shape index (κ2) is 7.60. The summed E-state index contributed by atoms with van der Waals surface area (Å²) < 4.78 is 7.22. The number of rotatable bonds is 6. The Morgan fingerprint density at radius 3 is 2.75 bits per heavy atom. The van der Waals surface area contributed by atoms with Gasteiger partial charge in [0.25, 0.3) is 11.8 Å². The number of pyridine rings is 1. The van der Waals surface area contributed by atoms with Crippen LogP contribution in [0.25, 0.3) is 10.9 Å². The number of nitrogens with zero attached hydrogens (tertiary/aromatic N) is 4. The first kappa shape index (κ1) is 19.9. The summed E-state index contributed by atoms with van der Waals surface area (Å²) in [5.41, 5.74) is 9.17. The van der Waals surface area contributed by atoms with E-state index in [9.17, 15) is 9.59 Å². The van der Waals surface area contributed by atoms with Crippen LogP contribution in [-0.4, -0.2) is 31.7 Å². The Hall–Kier alpha value is -4.01. The molecule has 0 saturated heterocycles. The van der Waals surface area contributed by atoms with Crippen molar-refractivity contribution < 1.29 is 14.1 Å². The van der Waals surface area contributed by atoms with Crippen LogP contribution < -0.4 is 11.1 Å². The van der Waals surface area contributed by atoms with Gasteiger partial charge in [0, 0.05) is 17.4 Å². The van der Waals surface area contributed by atoms with Crippen LogP contribution in [0.15, 0.2) is 40.9 Å². The molecule has 162 valence electrons. The van der Waals surface area contributed by atoms with Gasteiger partial charge < -0.3 is 15.6 Å². The standard InChI is InChI=1S/C23H22N6O3/c1-12-21(13(2)29(27-12)11-15-9-20(32-28-15)14-7-8-14)26-23(31)17-10-19(22(24)30)25-18-6-4-3-5-16(17)18/h3-6,9-10,14H,7-8,11H2,1-2H3,(H2,24,30)(H,26,31). The van der Waals surface area contributed by atoms with Gasteiger partial charge in [0.2, 0.25) is 0 Å². The smallest absolute Gasteiger partial charge is 0.267 e. The van der Waals surface area contributed by atoms with E-state index in [-0.39, 0.29) is 11.6 Å². The highest BCUT2D eigenvalue weighted by Gasteiger charge is 2.28. The second-order valence-electron chi connectivity index (χ2n) is 8.09. The third-order valence-electron chi connectivity index (χ3n) is 5.70. The number of aryl methyl sites for hydroxylation is 1. The lowest BCUT2D eigenvalue weighted by atomic mass is 10.1. The van der Waals surface area contributed by atoms with Crippen LogP contribution in [0.5, 0.6) is 0 Å². The first-order valence-electron chi connectivity index (χ1n) is 10.4. The van der Waals surface area contributed by atoms with E-state index in [1.54, 1.807) is 22.9 Å². The van der Waals surface area contributed by atoms with Crippen LogP contribution >= 0.6 is 0 Å². The Balaban J connectivity index is 1.44. The summed E-state index contributed by atoms with van der Waals surface area (Å²) in [6.07, 6.45) is 2.29. The third-order valence-corrected chi connectivity index (χ3v) is 5.70. The van der Waals surface area contributed by atoms with Gasteiger partial charge in [-0.05, 0) is 38.8 Å². The number of aromatic nitrogens is 4. The molecule has 5 rings (SSSR count). The highest BCUT2D eigenvalue weighted by atomic mass is 16.5. The number of benzene rings is 1. The normalized spacial score (nSPS) is 13.4. The lowest BCUT2D eigenvalue weighted by molar-refractivity contribution is 0.0996. The third kappa shape index (κ3) is 3.62. The number of anilines is 1. The van der Waals surface area contributed by atoms with Gasteiger partial charge in [-0.1, -0.05) is 23.4 Å². The molecule has 0 unspecified atom stereocenters. The molecule has 1 aliphatic rings. The Labute approximate surface area is 183 Å². The van der Waals surface area contributed by atoms with E-state index >= 15 is 0 Å². The van der Waals surface area contributed by atoms with Crippen LogP contribution in [0.4, 0.5) is 5.69 Å². The molecule has 1 aromatic carbocycles. The number of carbonyl (C=O) groups excluding carboxylic acids is 2. The van der Waals surface area contributed by atoms with Gasteiger partial charge in [-0.15, -0.1) is 0 Å². The van der Waals surface area contributed by atoms with E-state index in [4.69, 9.17) is 10.3 Å². The molecule has 1 fully saturated rings. The molecule has 0 radical (unpaired) electrons. The van der Waals surface area contributed by atoms with E-state index in [2.05, 4.69) is 20.6 Å². The zero-order valence-electron chi connectivity index (χ0n) is 17.8. The Morgan fingerprint density at radius 1 is 1.22 bits per heavy atom. The van der Waals surface area contributed by atoms with Crippen molar-refractivity contribution in [2.24, 2.45) is 5.73 Å². The van der Waals surface area contributed by atoms with Gasteiger partial charge in [0.15, 0.2) is 0 Å². The van der Waals surface area contributed by atoms with Crippen molar-refractivity contribution in [2.75, 3.05) is 5.32 Å². The zero-order valence-corrected chi connectivity index (χ0v) is 17.8. The molecule has 0 atom stereocenters. The van der Waals surface area contributed by atoms with Gasteiger partial charge in [-0.25, -0.2) is 4.98 Å². The molecule has 3 heterocycles. The number of fused-ring (bicyclic) bond motifs is 1. The van der Waals surface area contributed by atoms with Gasteiger partial charge in [-0.3, -0.25) is 14.3 Å². The quantitative estimate of drug-likeness (QED) is 0.483. The Kier molecular flexibility index (Phi) is 4.73. The highest BCUT2D eigenvalue weighted by molar-refractivity contribution is 6.14. The molecule has 2 amide bonds. The maximum Gasteiger partial charge on any atom is 0.267 e. The van der Waals surface area contributed by atoms with E-state index in [1.165, 1.54) is 6.07 Å². The predicted molar refractivity (Wildman–Crippen MR) is 117 cm³/mol. The van der Waals surface area contributed by atoms with Crippen LogP contribution in [0.2, 0.25) is 0 Å². The lowest BCUT2D eigenvalue weighted by Gasteiger charge is -2.10. The number of nitrogens with one attached hydrogen (secondary N) is 1. The van der Waals surface area contributed by atoms with Gasteiger partial charge in [0.1, 0.15) is 17.1 Å². The minimum absolute atomic E-state index is 0.0375. The molecular formula is C23H22N6O3. The molecular weight excluding hydrogens is 408 g/mol. The summed E-state index contributed by atoms with van der Waals surface area (Å²) in [6.45, 7) is 4.16. The van der Waals surface area contributed by atoms with Crippen LogP contribution in [0, 0.1) is 13.8 Å². The number of primary amides is 1. The average molecular weight is 430 g/mol. The molecule has 3 N–H and O–H groups in total. The van der Waals surface area contributed by atoms with E-state index < -0.39 is 5.91 Å². The fourth-order valence-electron chi connectivity index (χ4n) is 3.82. The molecule has 3 aromatic heterocycles. The average Bonchev–Trinajstić information content (AvgIpc) is 3.48. The molecule has 4 aromatic rings. The van der Waals surface area contributed by atoms with Gasteiger partial charge in [-0.2, -0.15) is 5.10 Å². The van der Waals surface area contributed by atoms with Crippen molar-refractivity contribution in [1.82, 2.24) is 19.9 Å². The molecule has 1 aliphatic carbocycles. The van der Waals surface area contributed by atoms with Crippen molar-refractivity contribution >= 4 is 28.4 Å². The first-order valence-corrected chi connectivity index (χ1v) is 10.4. The van der Waals surface area contributed by atoms with Crippen molar-refractivity contribution in [2.45, 2.75) is 39.2 Å². The molecule has 1 saturated carbocycles. The number of amides is 2. The Bertz CT molecular complexity index is 1370. The highest BCUT2D eigenvalue weighted by Crippen LogP contribution is 2.40.